The van der Waals surface area contributed by atoms with Crippen LogP contribution >= 0.6 is 0 Å². The second-order valence-corrected chi connectivity index (χ2v) is 5.88. The number of carbonyl (C=O) groups is 2. The smallest absolute Gasteiger partial charge is 0.310 e. The summed E-state index contributed by atoms with van der Waals surface area (Å²) in [5, 5.41) is 18.7. The second kappa shape index (κ2) is 2.99. The number of hydrogen-bond donors (Lipinski definition) is 2. The Hall–Kier alpha value is -1.06. The Morgan fingerprint density at radius 2 is 1.56 bits per heavy atom. The Labute approximate surface area is 93.6 Å². The minimum atomic E-state index is -0.944. The van der Waals surface area contributed by atoms with Crippen LogP contribution in [0.2, 0.25) is 0 Å². The van der Waals surface area contributed by atoms with Gasteiger partial charge in [0.1, 0.15) is 0 Å². The summed E-state index contributed by atoms with van der Waals surface area (Å²) in [7, 11) is 0. The maximum absolute atomic E-state index is 11.5. The Balaban J connectivity index is 2.05. The van der Waals surface area contributed by atoms with Gasteiger partial charge in [-0.2, -0.15) is 0 Å². The molecule has 16 heavy (non-hydrogen) atoms. The molecule has 4 heteroatoms. The number of hydrogen-bond acceptors (Lipinski definition) is 2. The number of carboxylic acid groups (broad SMARTS) is 2. The summed E-state index contributed by atoms with van der Waals surface area (Å²) in [4.78, 5) is 22.8. The van der Waals surface area contributed by atoms with Gasteiger partial charge in [-0.3, -0.25) is 9.59 Å². The summed E-state index contributed by atoms with van der Waals surface area (Å²) in [6.45, 7) is 0. The lowest BCUT2D eigenvalue weighted by Gasteiger charge is -2.57. The Bertz CT molecular complexity index is 348. The van der Waals surface area contributed by atoms with Gasteiger partial charge in [0.25, 0.3) is 0 Å². The van der Waals surface area contributed by atoms with Gasteiger partial charge >= 0.3 is 11.9 Å². The molecule has 4 fully saturated rings. The van der Waals surface area contributed by atoms with Crippen molar-refractivity contribution in [2.75, 3.05) is 0 Å². The van der Waals surface area contributed by atoms with Crippen LogP contribution in [0.15, 0.2) is 0 Å². The molecular weight excluding hydrogens is 208 g/mol. The van der Waals surface area contributed by atoms with Crippen LogP contribution in [-0.4, -0.2) is 22.2 Å². The average molecular weight is 224 g/mol. The highest BCUT2D eigenvalue weighted by Crippen LogP contribution is 2.62. The zero-order valence-corrected chi connectivity index (χ0v) is 9.06. The molecular formula is C12H16O4. The van der Waals surface area contributed by atoms with Crippen molar-refractivity contribution in [3.63, 3.8) is 0 Å². The molecule has 4 nitrogen and oxygen atoms in total. The minimum Gasteiger partial charge on any atom is -0.481 e. The van der Waals surface area contributed by atoms with Crippen molar-refractivity contribution in [1.82, 2.24) is 0 Å². The van der Waals surface area contributed by atoms with E-state index in [4.69, 9.17) is 0 Å². The molecule has 0 amide bonds. The fraction of sp³-hybridized carbons (Fsp3) is 0.833. The minimum absolute atomic E-state index is 0.111. The molecule has 0 aromatic carbocycles. The van der Waals surface area contributed by atoms with Gasteiger partial charge in [-0.05, 0) is 49.9 Å². The predicted octanol–water partition coefficient (Wildman–Crippen LogP) is 1.60. The molecule has 4 saturated carbocycles. The molecule has 0 aliphatic heterocycles. The first-order chi connectivity index (χ1) is 7.53. The molecule has 0 spiro atoms. The lowest BCUT2D eigenvalue weighted by atomic mass is 9.45. The van der Waals surface area contributed by atoms with Gasteiger partial charge in [0, 0.05) is 0 Å². The third kappa shape index (κ3) is 1.10. The summed E-state index contributed by atoms with van der Waals surface area (Å²) < 4.78 is 0. The first-order valence-electron chi connectivity index (χ1n) is 5.99. The van der Waals surface area contributed by atoms with Crippen LogP contribution in [0.4, 0.5) is 0 Å². The highest BCUT2D eigenvalue weighted by Gasteiger charge is 2.63. The van der Waals surface area contributed by atoms with E-state index in [9.17, 15) is 19.8 Å². The van der Waals surface area contributed by atoms with Crippen molar-refractivity contribution in [2.45, 2.75) is 32.1 Å². The zero-order chi connectivity index (χ0) is 11.5. The van der Waals surface area contributed by atoms with E-state index in [1.54, 1.807) is 0 Å². The first kappa shape index (κ1) is 10.1. The van der Waals surface area contributed by atoms with Crippen molar-refractivity contribution in [3.8, 4) is 0 Å². The number of aliphatic carboxylic acids is 2. The SMILES string of the molecule is O=C(O)C1C2CC3CC(C2)CC1(C(=O)O)C3. The molecule has 4 bridgehead atoms. The fourth-order valence-electron chi connectivity index (χ4n) is 4.79. The van der Waals surface area contributed by atoms with Crippen molar-refractivity contribution in [1.29, 1.82) is 0 Å². The van der Waals surface area contributed by atoms with Crippen molar-refractivity contribution < 1.29 is 19.8 Å². The molecule has 3 unspecified atom stereocenters. The van der Waals surface area contributed by atoms with Gasteiger partial charge in [0.2, 0.25) is 0 Å². The van der Waals surface area contributed by atoms with Gasteiger partial charge in [-0.1, -0.05) is 0 Å². The molecule has 0 heterocycles. The molecule has 0 saturated heterocycles. The number of rotatable bonds is 2. The molecule has 0 aromatic rings. The van der Waals surface area contributed by atoms with Gasteiger partial charge in [0.05, 0.1) is 11.3 Å². The largest absolute Gasteiger partial charge is 0.481 e. The van der Waals surface area contributed by atoms with E-state index < -0.39 is 23.3 Å². The molecule has 0 radical (unpaired) electrons. The zero-order valence-electron chi connectivity index (χ0n) is 9.06. The molecule has 3 atom stereocenters. The molecule has 4 aliphatic carbocycles. The van der Waals surface area contributed by atoms with Gasteiger partial charge in [0.15, 0.2) is 0 Å². The van der Waals surface area contributed by atoms with E-state index in [1.807, 2.05) is 0 Å². The maximum Gasteiger partial charge on any atom is 0.310 e. The molecule has 4 aliphatic rings. The van der Waals surface area contributed by atoms with Crippen molar-refractivity contribution in [2.24, 2.45) is 29.1 Å². The topological polar surface area (TPSA) is 74.6 Å². The van der Waals surface area contributed by atoms with Crippen LogP contribution < -0.4 is 0 Å². The lowest BCUT2D eigenvalue weighted by Crippen LogP contribution is -2.58. The fourth-order valence-corrected chi connectivity index (χ4v) is 4.79. The van der Waals surface area contributed by atoms with Crippen LogP contribution in [0.25, 0.3) is 0 Å². The van der Waals surface area contributed by atoms with E-state index in [2.05, 4.69) is 0 Å². The van der Waals surface area contributed by atoms with Gasteiger partial charge in [-0.25, -0.2) is 0 Å². The third-order valence-corrected chi connectivity index (χ3v) is 5.00. The van der Waals surface area contributed by atoms with Crippen LogP contribution in [0.3, 0.4) is 0 Å². The average Bonchev–Trinajstić information content (AvgIpc) is 2.14. The Morgan fingerprint density at radius 3 is 2.00 bits per heavy atom. The van der Waals surface area contributed by atoms with Crippen LogP contribution in [0, 0.1) is 29.1 Å². The van der Waals surface area contributed by atoms with E-state index in [1.165, 1.54) is 0 Å². The highest BCUT2D eigenvalue weighted by molar-refractivity contribution is 5.84. The summed E-state index contributed by atoms with van der Waals surface area (Å²) in [5.41, 5.74) is -0.944. The number of carboxylic acids is 2. The normalized spacial score (nSPS) is 49.2. The summed E-state index contributed by atoms with van der Waals surface area (Å²) >= 11 is 0. The molecule has 88 valence electrons. The Morgan fingerprint density at radius 1 is 1.00 bits per heavy atom. The van der Waals surface area contributed by atoms with Crippen LogP contribution in [0.1, 0.15) is 32.1 Å². The standard InChI is InChI=1S/C12H16O4/c13-10(14)9-8-2-6-1-7(3-8)5-12(9,4-6)11(15)16/h6-9H,1-5H2,(H,13,14)(H,15,16). The maximum atomic E-state index is 11.5. The summed E-state index contributed by atoms with van der Waals surface area (Å²) in [6.07, 6.45) is 4.17. The van der Waals surface area contributed by atoms with Crippen molar-refractivity contribution >= 4 is 11.9 Å². The van der Waals surface area contributed by atoms with E-state index in [-0.39, 0.29) is 5.92 Å². The van der Waals surface area contributed by atoms with Crippen molar-refractivity contribution in [3.05, 3.63) is 0 Å². The van der Waals surface area contributed by atoms with E-state index in [0.717, 1.165) is 19.3 Å². The van der Waals surface area contributed by atoms with E-state index in [0.29, 0.717) is 24.7 Å². The van der Waals surface area contributed by atoms with Crippen LogP contribution in [0.5, 0.6) is 0 Å². The van der Waals surface area contributed by atoms with Crippen LogP contribution in [-0.2, 0) is 9.59 Å². The predicted molar refractivity (Wildman–Crippen MR) is 54.7 cm³/mol. The monoisotopic (exact) mass is 224 g/mol. The molecule has 0 aromatic heterocycles. The van der Waals surface area contributed by atoms with E-state index >= 15 is 0 Å². The van der Waals surface area contributed by atoms with Gasteiger partial charge < -0.3 is 10.2 Å². The van der Waals surface area contributed by atoms with Gasteiger partial charge in [-0.15, -0.1) is 0 Å². The Kier molecular flexibility index (Phi) is 1.89. The lowest BCUT2D eigenvalue weighted by molar-refractivity contribution is -0.189. The summed E-state index contributed by atoms with van der Waals surface area (Å²) in [6, 6.07) is 0. The first-order valence-corrected chi connectivity index (χ1v) is 5.99. The second-order valence-electron chi connectivity index (χ2n) is 5.88. The molecule has 2 N–H and O–H groups in total. The molecule has 4 rings (SSSR count). The summed E-state index contributed by atoms with van der Waals surface area (Å²) in [5.74, 6) is -1.38. The third-order valence-electron chi connectivity index (χ3n) is 5.00. The highest BCUT2D eigenvalue weighted by atomic mass is 16.4. The quantitative estimate of drug-likeness (QED) is 0.747.